The lowest BCUT2D eigenvalue weighted by Crippen LogP contribution is -2.50. The van der Waals surface area contributed by atoms with Crippen molar-refractivity contribution in [3.63, 3.8) is 0 Å². The molecule has 0 bridgehead atoms. The van der Waals surface area contributed by atoms with Crippen LogP contribution in [0.1, 0.15) is 54.2 Å². The van der Waals surface area contributed by atoms with Gasteiger partial charge in [0.05, 0.1) is 11.4 Å². The fraction of sp³-hybridized carbons (Fsp3) is 0.500. The number of benzene rings is 1. The fourth-order valence-electron chi connectivity index (χ4n) is 4.11. The standard InChI is InChI=1S/C20H25N5O5S/c1-14-22-19(24-30-14)20(8-3-2-4-9-20)23-18(27)15-6-5-7-16(12-15)31(28,29)25-11-10-21-17(26)13-25/h5-7,12H,2-4,8-11,13H2,1H3,(H,21,26)(H,23,27). The first-order chi connectivity index (χ1) is 14.8. The van der Waals surface area contributed by atoms with Crippen LogP contribution in [-0.2, 0) is 20.4 Å². The average Bonchev–Trinajstić information content (AvgIpc) is 3.21. The minimum absolute atomic E-state index is 0.0250. The number of piperazine rings is 1. The van der Waals surface area contributed by atoms with Crippen molar-refractivity contribution in [1.82, 2.24) is 25.1 Å². The molecule has 10 nitrogen and oxygen atoms in total. The number of nitrogens with one attached hydrogen (secondary N) is 2. The summed E-state index contributed by atoms with van der Waals surface area (Å²) in [5.41, 5.74) is -0.528. The molecule has 166 valence electrons. The Morgan fingerprint density at radius 3 is 2.71 bits per heavy atom. The molecule has 0 spiro atoms. The number of nitrogens with zero attached hydrogens (tertiary/aromatic N) is 3. The molecule has 4 rings (SSSR count). The van der Waals surface area contributed by atoms with Crippen LogP contribution in [0.3, 0.4) is 0 Å². The Bertz CT molecular complexity index is 1090. The summed E-state index contributed by atoms with van der Waals surface area (Å²) >= 11 is 0. The second-order valence-electron chi connectivity index (χ2n) is 7.95. The average molecular weight is 448 g/mol. The Morgan fingerprint density at radius 1 is 1.26 bits per heavy atom. The van der Waals surface area contributed by atoms with Gasteiger partial charge >= 0.3 is 0 Å². The van der Waals surface area contributed by atoms with E-state index in [9.17, 15) is 18.0 Å². The summed E-state index contributed by atoms with van der Waals surface area (Å²) < 4.78 is 32.2. The van der Waals surface area contributed by atoms with E-state index in [1.807, 2.05) is 0 Å². The largest absolute Gasteiger partial charge is 0.354 e. The van der Waals surface area contributed by atoms with E-state index in [1.165, 1.54) is 18.2 Å². The van der Waals surface area contributed by atoms with E-state index in [-0.39, 0.29) is 36.0 Å². The van der Waals surface area contributed by atoms with E-state index in [4.69, 9.17) is 4.52 Å². The Balaban J connectivity index is 1.59. The molecule has 1 aromatic heterocycles. The lowest BCUT2D eigenvalue weighted by atomic mass is 9.80. The molecule has 2 fully saturated rings. The molecule has 0 radical (unpaired) electrons. The minimum atomic E-state index is -3.90. The van der Waals surface area contributed by atoms with Crippen molar-refractivity contribution in [2.75, 3.05) is 19.6 Å². The summed E-state index contributed by atoms with van der Waals surface area (Å²) in [6.07, 6.45) is 4.25. The zero-order valence-electron chi connectivity index (χ0n) is 17.3. The number of aryl methyl sites for hydroxylation is 1. The number of amides is 2. The van der Waals surface area contributed by atoms with Gasteiger partial charge in [-0.3, -0.25) is 9.59 Å². The van der Waals surface area contributed by atoms with Gasteiger partial charge in [0.2, 0.25) is 21.8 Å². The summed E-state index contributed by atoms with van der Waals surface area (Å²) in [4.78, 5) is 29.1. The second kappa shape index (κ2) is 8.39. The van der Waals surface area contributed by atoms with E-state index in [0.29, 0.717) is 24.6 Å². The summed E-state index contributed by atoms with van der Waals surface area (Å²) in [5.74, 6) is 0.116. The molecule has 1 saturated carbocycles. The Hall–Kier alpha value is -2.79. The summed E-state index contributed by atoms with van der Waals surface area (Å²) in [5, 5.41) is 9.69. The van der Waals surface area contributed by atoms with Crippen LogP contribution < -0.4 is 10.6 Å². The molecule has 1 aliphatic carbocycles. The predicted octanol–water partition coefficient (Wildman–Crippen LogP) is 1.09. The molecular formula is C20H25N5O5S. The third kappa shape index (κ3) is 4.33. The maximum atomic E-state index is 13.1. The van der Waals surface area contributed by atoms with Crippen LogP contribution in [0.5, 0.6) is 0 Å². The van der Waals surface area contributed by atoms with Crippen LogP contribution in [0.25, 0.3) is 0 Å². The Kier molecular flexibility index (Phi) is 5.80. The molecule has 2 amide bonds. The van der Waals surface area contributed by atoms with Crippen molar-refractivity contribution in [1.29, 1.82) is 0 Å². The van der Waals surface area contributed by atoms with E-state index >= 15 is 0 Å². The minimum Gasteiger partial charge on any atom is -0.354 e. The van der Waals surface area contributed by atoms with Gasteiger partial charge in [-0.25, -0.2) is 8.42 Å². The number of hydrogen-bond donors (Lipinski definition) is 2. The van der Waals surface area contributed by atoms with Crippen molar-refractivity contribution in [2.24, 2.45) is 0 Å². The van der Waals surface area contributed by atoms with Crippen LogP contribution in [0.4, 0.5) is 0 Å². The van der Waals surface area contributed by atoms with Crippen molar-refractivity contribution >= 4 is 21.8 Å². The molecule has 0 unspecified atom stereocenters. The van der Waals surface area contributed by atoms with E-state index in [2.05, 4.69) is 20.8 Å². The van der Waals surface area contributed by atoms with Crippen LogP contribution >= 0.6 is 0 Å². The van der Waals surface area contributed by atoms with Crippen LogP contribution in [0.15, 0.2) is 33.7 Å². The lowest BCUT2D eigenvalue weighted by molar-refractivity contribution is -0.122. The van der Waals surface area contributed by atoms with E-state index < -0.39 is 21.5 Å². The second-order valence-corrected chi connectivity index (χ2v) is 9.89. The summed E-state index contributed by atoms with van der Waals surface area (Å²) in [7, 11) is -3.90. The summed E-state index contributed by atoms with van der Waals surface area (Å²) in [6.45, 7) is 1.90. The molecule has 2 N–H and O–H groups in total. The Labute approximate surface area is 180 Å². The molecular weight excluding hydrogens is 422 g/mol. The highest BCUT2D eigenvalue weighted by Crippen LogP contribution is 2.36. The number of aromatic nitrogens is 2. The topological polar surface area (TPSA) is 134 Å². The van der Waals surface area contributed by atoms with Crippen LogP contribution in [0.2, 0.25) is 0 Å². The van der Waals surface area contributed by atoms with Crippen molar-refractivity contribution in [3.05, 3.63) is 41.5 Å². The normalized spacial score (nSPS) is 19.6. The van der Waals surface area contributed by atoms with Crippen molar-refractivity contribution in [3.8, 4) is 0 Å². The fourth-order valence-corrected chi connectivity index (χ4v) is 5.55. The quantitative estimate of drug-likeness (QED) is 0.700. The van der Waals surface area contributed by atoms with Gasteiger partial charge in [0.1, 0.15) is 5.54 Å². The van der Waals surface area contributed by atoms with Gasteiger partial charge in [0.15, 0.2) is 5.82 Å². The number of carbonyl (C=O) groups is 2. The number of rotatable bonds is 5. The third-order valence-corrected chi connectivity index (χ3v) is 7.59. The van der Waals surface area contributed by atoms with Crippen molar-refractivity contribution in [2.45, 2.75) is 49.5 Å². The number of carbonyl (C=O) groups excluding carboxylic acids is 2. The highest BCUT2D eigenvalue weighted by Gasteiger charge is 2.40. The predicted molar refractivity (Wildman–Crippen MR) is 109 cm³/mol. The molecule has 31 heavy (non-hydrogen) atoms. The summed E-state index contributed by atoms with van der Waals surface area (Å²) in [6, 6.07) is 5.86. The monoisotopic (exact) mass is 447 g/mol. The molecule has 2 aliphatic rings. The SMILES string of the molecule is Cc1nc(C2(NC(=O)c3cccc(S(=O)(=O)N4CCNC(=O)C4)c3)CCCCC2)no1. The maximum absolute atomic E-state index is 13.1. The first kappa shape index (κ1) is 21.4. The third-order valence-electron chi connectivity index (χ3n) is 5.75. The number of hydrogen-bond acceptors (Lipinski definition) is 7. The highest BCUT2D eigenvalue weighted by atomic mass is 32.2. The molecule has 1 aliphatic heterocycles. The highest BCUT2D eigenvalue weighted by molar-refractivity contribution is 7.89. The van der Waals surface area contributed by atoms with Gasteiger partial charge in [0, 0.05) is 25.6 Å². The zero-order chi connectivity index (χ0) is 22.1. The lowest BCUT2D eigenvalue weighted by Gasteiger charge is -2.35. The molecule has 1 aromatic carbocycles. The van der Waals surface area contributed by atoms with Gasteiger partial charge in [0.25, 0.3) is 5.91 Å². The zero-order valence-corrected chi connectivity index (χ0v) is 18.1. The Morgan fingerprint density at radius 2 is 2.03 bits per heavy atom. The first-order valence-corrected chi connectivity index (χ1v) is 11.7. The van der Waals surface area contributed by atoms with E-state index in [0.717, 1.165) is 23.6 Å². The smallest absolute Gasteiger partial charge is 0.252 e. The van der Waals surface area contributed by atoms with Gasteiger partial charge in [-0.1, -0.05) is 30.5 Å². The van der Waals surface area contributed by atoms with Gasteiger partial charge in [-0.05, 0) is 31.0 Å². The maximum Gasteiger partial charge on any atom is 0.252 e. The van der Waals surface area contributed by atoms with Gasteiger partial charge in [-0.15, -0.1) is 0 Å². The van der Waals surface area contributed by atoms with Gasteiger partial charge < -0.3 is 15.2 Å². The van der Waals surface area contributed by atoms with Gasteiger partial charge in [-0.2, -0.15) is 9.29 Å². The van der Waals surface area contributed by atoms with Crippen LogP contribution in [-0.4, -0.2) is 54.3 Å². The molecule has 1 saturated heterocycles. The first-order valence-electron chi connectivity index (χ1n) is 10.3. The molecule has 11 heteroatoms. The molecule has 0 atom stereocenters. The van der Waals surface area contributed by atoms with Crippen molar-refractivity contribution < 1.29 is 22.5 Å². The van der Waals surface area contributed by atoms with Crippen LogP contribution in [0, 0.1) is 6.92 Å². The molecule has 2 heterocycles. The molecule has 2 aromatic rings. The van der Waals surface area contributed by atoms with E-state index in [1.54, 1.807) is 13.0 Å². The number of sulfonamides is 1.